The van der Waals surface area contributed by atoms with Crippen molar-refractivity contribution < 1.29 is 49.7 Å². The van der Waals surface area contributed by atoms with Gasteiger partial charge in [0.05, 0.1) is 36.6 Å². The Balaban J connectivity index is 2.32. The highest BCUT2D eigenvalue weighted by molar-refractivity contribution is 5.87. The van der Waals surface area contributed by atoms with E-state index in [0.717, 1.165) is 17.6 Å². The first-order valence-electron chi connectivity index (χ1n) is 21.7. The number of aliphatic hydroxyl groups excluding tert-OH is 5. The molecule has 10 nitrogen and oxygen atoms in total. The van der Waals surface area contributed by atoms with Crippen LogP contribution in [-0.4, -0.2) is 90.9 Å². The number of hydrogen-bond donors (Lipinski definition) is 6. The van der Waals surface area contributed by atoms with Crippen molar-refractivity contribution >= 4 is 11.8 Å². The van der Waals surface area contributed by atoms with E-state index in [9.17, 15) is 40.2 Å². The summed E-state index contributed by atoms with van der Waals surface area (Å²) in [6.45, 7) is 18.6. The molecule has 0 aromatic carbocycles. The lowest BCUT2D eigenvalue weighted by molar-refractivity contribution is -0.277. The lowest BCUT2D eigenvalue weighted by atomic mass is 9.85. The third-order valence-corrected chi connectivity index (χ3v) is 12.4. The highest BCUT2D eigenvalue weighted by atomic mass is 16.6. The maximum absolute atomic E-state index is 13.5. The van der Waals surface area contributed by atoms with Crippen molar-refractivity contribution in [3.8, 4) is 0 Å². The van der Waals surface area contributed by atoms with E-state index in [1.54, 1.807) is 19.9 Å². The Kier molecular flexibility index (Phi) is 22.3. The number of Topliss-reactive ketones (excluding diaryl/α,β-unsaturated/α-hetero) is 1. The largest absolute Gasteiger partial charge is 0.459 e. The van der Waals surface area contributed by atoms with Crippen LogP contribution in [0.25, 0.3) is 0 Å². The van der Waals surface area contributed by atoms with Crippen LogP contribution in [0, 0.1) is 29.6 Å². The molecule has 0 amide bonds. The number of aliphatic hydroxyl groups is 6. The summed E-state index contributed by atoms with van der Waals surface area (Å²) < 4.78 is 12.3. The molecule has 0 aliphatic carbocycles. The molecule has 0 radical (unpaired) electrons. The minimum Gasteiger partial charge on any atom is -0.459 e. The Morgan fingerprint density at radius 2 is 1.67 bits per heavy atom. The number of ether oxygens (including phenoxy) is 2. The minimum atomic E-state index is -1.40. The highest BCUT2D eigenvalue weighted by Crippen LogP contribution is 2.37. The minimum absolute atomic E-state index is 0.0804. The molecular weight excluding hydrogens is 737 g/mol. The van der Waals surface area contributed by atoms with Crippen molar-refractivity contribution in [3.63, 3.8) is 0 Å². The van der Waals surface area contributed by atoms with E-state index in [1.165, 1.54) is 0 Å². The average molecular weight is 815 g/mol. The Labute approximate surface area is 349 Å². The second-order valence-electron chi connectivity index (χ2n) is 17.7. The summed E-state index contributed by atoms with van der Waals surface area (Å²) in [5, 5.41) is 65.1. The molecule has 2 bridgehead atoms. The number of hydrogen-bond acceptors (Lipinski definition) is 10. The van der Waals surface area contributed by atoms with Crippen LogP contribution in [0.5, 0.6) is 0 Å². The Morgan fingerprint density at radius 1 is 0.983 bits per heavy atom. The summed E-state index contributed by atoms with van der Waals surface area (Å²) in [5.74, 6) is -3.01. The summed E-state index contributed by atoms with van der Waals surface area (Å²) in [7, 11) is 0. The molecule has 2 aliphatic rings. The van der Waals surface area contributed by atoms with Gasteiger partial charge < -0.3 is 40.1 Å². The number of cyclic esters (lactones) is 1. The molecule has 1 fully saturated rings. The fraction of sp³-hybridized carbons (Fsp3) is 0.708. The van der Waals surface area contributed by atoms with Gasteiger partial charge in [0.1, 0.15) is 11.9 Å². The van der Waals surface area contributed by atoms with E-state index in [0.29, 0.717) is 43.3 Å². The predicted molar refractivity (Wildman–Crippen MR) is 230 cm³/mol. The van der Waals surface area contributed by atoms with E-state index in [4.69, 9.17) is 9.47 Å². The summed E-state index contributed by atoms with van der Waals surface area (Å²) in [6.07, 6.45) is 14.3. The van der Waals surface area contributed by atoms with Gasteiger partial charge in [0.2, 0.25) is 0 Å². The van der Waals surface area contributed by atoms with E-state index in [-0.39, 0.29) is 73.6 Å². The first kappa shape index (κ1) is 51.4. The standard InChI is InChI=1S/C48H78O10/c1-11-41(50)38(10)45(54)27-39(49)20-17-30(2)26-36(8)46-29-44(53)33(5)16-14-12-13-15-32(4)43(52)28-40-21-19-37(9)48(56,58-40)24-23-31(3)25-35(7)42(51)22-18-34(6)47(55)57-46/h12-14,16-18,23,25,32-33,36-42,44-46,49-51,53-54,56H,11,15,19-22,24,26-29H2,1-10H3/b13-12-,16-14-,30-17+,31-23-,34-18-,35-25-/t32-,33-,36+,37-,38+,39-,40+,41+,42-,44+,45-,46+,48+/m0/s1. The topological polar surface area (TPSA) is 174 Å². The number of ketones is 1. The van der Waals surface area contributed by atoms with E-state index in [1.807, 2.05) is 97.9 Å². The quantitative estimate of drug-likeness (QED) is 0.0945. The summed E-state index contributed by atoms with van der Waals surface area (Å²) in [4.78, 5) is 26.7. The van der Waals surface area contributed by atoms with Gasteiger partial charge >= 0.3 is 5.97 Å². The summed E-state index contributed by atoms with van der Waals surface area (Å²) in [5.41, 5.74) is 2.85. The van der Waals surface area contributed by atoms with E-state index >= 15 is 0 Å². The van der Waals surface area contributed by atoms with Gasteiger partial charge in [-0.2, -0.15) is 0 Å². The lowest BCUT2D eigenvalue weighted by Gasteiger charge is -2.41. The summed E-state index contributed by atoms with van der Waals surface area (Å²) >= 11 is 0. The Morgan fingerprint density at radius 3 is 2.34 bits per heavy atom. The first-order valence-corrected chi connectivity index (χ1v) is 21.7. The van der Waals surface area contributed by atoms with Crippen LogP contribution in [0.4, 0.5) is 0 Å². The van der Waals surface area contributed by atoms with Crippen molar-refractivity contribution in [2.45, 2.75) is 188 Å². The van der Waals surface area contributed by atoms with Crippen LogP contribution >= 0.6 is 0 Å². The molecule has 1 saturated heterocycles. The van der Waals surface area contributed by atoms with Crippen molar-refractivity contribution in [3.05, 3.63) is 70.9 Å². The number of esters is 1. The number of allylic oxidation sites excluding steroid dienone is 6. The van der Waals surface area contributed by atoms with Gasteiger partial charge in [-0.25, -0.2) is 4.79 Å². The molecule has 2 aliphatic heterocycles. The molecule has 0 unspecified atom stereocenters. The van der Waals surface area contributed by atoms with Crippen molar-refractivity contribution in [1.29, 1.82) is 0 Å². The van der Waals surface area contributed by atoms with Gasteiger partial charge in [0.15, 0.2) is 5.79 Å². The molecule has 10 heteroatoms. The van der Waals surface area contributed by atoms with Gasteiger partial charge in [0, 0.05) is 48.5 Å². The van der Waals surface area contributed by atoms with Crippen LogP contribution in [0.2, 0.25) is 0 Å². The second kappa shape index (κ2) is 25.2. The maximum atomic E-state index is 13.5. The zero-order chi connectivity index (χ0) is 43.7. The molecule has 6 N–H and O–H groups in total. The van der Waals surface area contributed by atoms with E-state index in [2.05, 4.69) is 0 Å². The number of carbonyl (C=O) groups is 2. The van der Waals surface area contributed by atoms with Crippen molar-refractivity contribution in [2.24, 2.45) is 29.6 Å². The average Bonchev–Trinajstić information content (AvgIpc) is 3.17. The number of fused-ring (bicyclic) bond motifs is 2. The maximum Gasteiger partial charge on any atom is 0.333 e. The third-order valence-electron chi connectivity index (χ3n) is 12.4. The van der Waals surface area contributed by atoms with Gasteiger partial charge in [-0.15, -0.1) is 0 Å². The first-order chi connectivity index (χ1) is 27.2. The van der Waals surface area contributed by atoms with Crippen LogP contribution < -0.4 is 0 Å². The van der Waals surface area contributed by atoms with Crippen LogP contribution in [0.1, 0.15) is 140 Å². The van der Waals surface area contributed by atoms with Crippen molar-refractivity contribution in [1.82, 2.24) is 0 Å². The molecule has 2 rings (SSSR count). The molecule has 0 saturated carbocycles. The Hall–Kier alpha value is -2.70. The second-order valence-corrected chi connectivity index (χ2v) is 17.7. The molecular formula is C48H78O10. The monoisotopic (exact) mass is 815 g/mol. The summed E-state index contributed by atoms with van der Waals surface area (Å²) in [6, 6.07) is 0. The molecule has 58 heavy (non-hydrogen) atoms. The number of carbonyl (C=O) groups excluding carboxylic acids is 2. The zero-order valence-electron chi connectivity index (χ0n) is 37.1. The predicted octanol–water partition coefficient (Wildman–Crippen LogP) is 7.76. The fourth-order valence-corrected chi connectivity index (χ4v) is 7.54. The molecule has 0 aromatic rings. The number of rotatable bonds is 10. The van der Waals surface area contributed by atoms with Crippen LogP contribution in [0.15, 0.2) is 70.9 Å². The zero-order valence-corrected chi connectivity index (χ0v) is 37.1. The van der Waals surface area contributed by atoms with Crippen molar-refractivity contribution in [2.75, 3.05) is 0 Å². The van der Waals surface area contributed by atoms with E-state index < -0.39 is 48.4 Å². The molecule has 13 atom stereocenters. The fourth-order valence-electron chi connectivity index (χ4n) is 7.54. The van der Waals surface area contributed by atoms with Gasteiger partial charge in [-0.05, 0) is 90.6 Å². The molecule has 330 valence electrons. The normalized spacial score (nSPS) is 36.0. The molecule has 2 heterocycles. The smallest absolute Gasteiger partial charge is 0.333 e. The van der Waals surface area contributed by atoms with Crippen LogP contribution in [0.3, 0.4) is 0 Å². The molecule has 0 aromatic heterocycles. The Bertz CT molecular complexity index is 1470. The highest BCUT2D eigenvalue weighted by Gasteiger charge is 2.41. The SMILES string of the molecule is CC[C@@H](O)[C@@H](C)[C@@H](O)C[C@@H](O)C/C=C(\C)C[C@@H](C)[C@H]1C[C@@H](O)[C@@H](C)/C=C\C=C/C[C@H](C)C(=O)C[C@H]2CC[C@H](C)[C@@](O)(C/C=C(C)\C=C(\C)[C@@H](O)C/C=C(/C)C(=O)O1)O2. The lowest BCUT2D eigenvalue weighted by Crippen LogP contribution is -2.47. The van der Waals surface area contributed by atoms with Gasteiger partial charge in [-0.1, -0.05) is 101 Å². The molecule has 0 spiro atoms. The van der Waals surface area contributed by atoms with Gasteiger partial charge in [0.25, 0.3) is 0 Å². The van der Waals surface area contributed by atoms with Gasteiger partial charge in [-0.3, -0.25) is 4.79 Å². The third kappa shape index (κ3) is 17.5. The van der Waals surface area contributed by atoms with Crippen LogP contribution in [-0.2, 0) is 19.1 Å².